The Kier molecular flexibility index (Phi) is 2.46. The van der Waals surface area contributed by atoms with Gasteiger partial charge in [0.15, 0.2) is 5.75 Å². The van der Waals surface area contributed by atoms with E-state index in [0.717, 1.165) is 24.4 Å². The molecule has 0 amide bonds. The third-order valence-corrected chi connectivity index (χ3v) is 3.12. The summed E-state index contributed by atoms with van der Waals surface area (Å²) in [6.45, 7) is 1.00. The largest absolute Gasteiger partial charge is 0.428 e. The van der Waals surface area contributed by atoms with Gasteiger partial charge in [-0.05, 0) is 24.5 Å². The number of nitrogens with zero attached hydrogens (tertiary/aromatic N) is 2. The second-order valence-corrected chi connectivity index (χ2v) is 4.37. The topological polar surface area (TPSA) is 47.0 Å². The van der Waals surface area contributed by atoms with Crippen molar-refractivity contribution in [2.24, 2.45) is 0 Å². The van der Waals surface area contributed by atoms with Crippen molar-refractivity contribution in [2.75, 3.05) is 11.9 Å². The van der Waals surface area contributed by atoms with Gasteiger partial charge < -0.3 is 10.1 Å². The molecule has 1 aromatic heterocycles. The third kappa shape index (κ3) is 1.74. The molecule has 2 aromatic rings. The van der Waals surface area contributed by atoms with Crippen molar-refractivity contribution in [1.29, 1.82) is 0 Å². The lowest BCUT2D eigenvalue weighted by molar-refractivity contribution is 0.479. The maximum Gasteiger partial charge on any atom is 0.298 e. The Labute approximate surface area is 97.5 Å². The van der Waals surface area contributed by atoms with Crippen LogP contribution < -0.4 is 10.1 Å². The first-order chi connectivity index (χ1) is 7.93. The normalized spacial score (nSPS) is 14.0. The zero-order chi connectivity index (χ0) is 10.8. The minimum absolute atomic E-state index is 0.584. The SMILES string of the molecule is c1cc2c(c(Oc3ncns3)c1)NCCC2. The summed E-state index contributed by atoms with van der Waals surface area (Å²) in [6.07, 6.45) is 3.79. The summed E-state index contributed by atoms with van der Waals surface area (Å²) >= 11 is 1.26. The van der Waals surface area contributed by atoms with Gasteiger partial charge in [-0.1, -0.05) is 12.1 Å². The summed E-state index contributed by atoms with van der Waals surface area (Å²) in [5.41, 5.74) is 2.41. The predicted octanol–water partition coefficient (Wildman–Crippen LogP) is 2.69. The second kappa shape index (κ2) is 4.09. The molecule has 1 N–H and O–H groups in total. The molecular weight excluding hydrogens is 222 g/mol. The summed E-state index contributed by atoms with van der Waals surface area (Å²) in [4.78, 5) is 4.02. The second-order valence-electron chi connectivity index (χ2n) is 3.63. The fourth-order valence-electron chi connectivity index (χ4n) is 1.86. The van der Waals surface area contributed by atoms with Crippen LogP contribution in [0.1, 0.15) is 12.0 Å². The standard InChI is InChI=1S/C11H11N3OS/c1-3-8-4-2-6-12-10(8)9(5-1)15-11-13-7-14-16-11/h1,3,5,7,12H,2,4,6H2. The van der Waals surface area contributed by atoms with Crippen LogP contribution in [-0.2, 0) is 6.42 Å². The fraction of sp³-hybridized carbons (Fsp3) is 0.273. The molecule has 0 aliphatic carbocycles. The summed E-state index contributed by atoms with van der Waals surface area (Å²) in [5.74, 6) is 0.842. The average Bonchev–Trinajstić information content (AvgIpc) is 2.82. The van der Waals surface area contributed by atoms with Crippen LogP contribution in [0.3, 0.4) is 0 Å². The van der Waals surface area contributed by atoms with E-state index in [1.54, 1.807) is 0 Å². The summed E-state index contributed by atoms with van der Waals surface area (Å²) in [6, 6.07) is 6.11. The first kappa shape index (κ1) is 9.59. The van der Waals surface area contributed by atoms with Crippen molar-refractivity contribution in [2.45, 2.75) is 12.8 Å². The van der Waals surface area contributed by atoms with Crippen molar-refractivity contribution < 1.29 is 4.74 Å². The van der Waals surface area contributed by atoms with Gasteiger partial charge in [0, 0.05) is 18.1 Å². The summed E-state index contributed by atoms with van der Waals surface area (Å²) in [5, 5.41) is 3.96. The van der Waals surface area contributed by atoms with Gasteiger partial charge in [0.1, 0.15) is 6.33 Å². The highest BCUT2D eigenvalue weighted by atomic mass is 32.1. The number of ether oxygens (including phenoxy) is 1. The number of aryl methyl sites for hydroxylation is 1. The van der Waals surface area contributed by atoms with Crippen LogP contribution in [0.15, 0.2) is 24.5 Å². The van der Waals surface area contributed by atoms with Crippen LogP contribution in [0.25, 0.3) is 0 Å². The van der Waals surface area contributed by atoms with Crippen molar-refractivity contribution in [3.05, 3.63) is 30.1 Å². The molecule has 1 aromatic carbocycles. The molecule has 1 aliphatic rings. The minimum Gasteiger partial charge on any atom is -0.428 e. The maximum atomic E-state index is 5.70. The Morgan fingerprint density at radius 3 is 3.25 bits per heavy atom. The molecule has 0 saturated heterocycles. The first-order valence-electron chi connectivity index (χ1n) is 5.24. The van der Waals surface area contributed by atoms with E-state index in [-0.39, 0.29) is 0 Å². The summed E-state index contributed by atoms with van der Waals surface area (Å²) < 4.78 is 9.61. The highest BCUT2D eigenvalue weighted by Gasteiger charge is 2.14. The summed E-state index contributed by atoms with van der Waals surface area (Å²) in [7, 11) is 0. The van der Waals surface area contributed by atoms with Gasteiger partial charge in [-0.2, -0.15) is 9.36 Å². The number of hydrogen-bond donors (Lipinski definition) is 1. The van der Waals surface area contributed by atoms with Crippen LogP contribution in [0.2, 0.25) is 0 Å². The fourth-order valence-corrected chi connectivity index (χ4v) is 2.27. The molecule has 0 radical (unpaired) electrons. The minimum atomic E-state index is 0.584. The molecule has 16 heavy (non-hydrogen) atoms. The Morgan fingerprint density at radius 1 is 1.38 bits per heavy atom. The number of anilines is 1. The maximum absolute atomic E-state index is 5.70. The number of para-hydroxylation sites is 1. The van der Waals surface area contributed by atoms with Gasteiger partial charge >= 0.3 is 0 Å². The van der Waals surface area contributed by atoms with E-state index in [0.29, 0.717) is 5.19 Å². The van der Waals surface area contributed by atoms with E-state index in [1.807, 2.05) is 12.1 Å². The lowest BCUT2D eigenvalue weighted by Crippen LogP contribution is -2.12. The number of hydrogen-bond acceptors (Lipinski definition) is 5. The van der Waals surface area contributed by atoms with Crippen LogP contribution in [0.4, 0.5) is 5.69 Å². The van der Waals surface area contributed by atoms with Gasteiger partial charge in [-0.15, -0.1) is 0 Å². The Hall–Kier alpha value is -1.62. The lowest BCUT2D eigenvalue weighted by atomic mass is 10.0. The van der Waals surface area contributed by atoms with Gasteiger partial charge in [0.2, 0.25) is 0 Å². The molecule has 0 unspecified atom stereocenters. The number of aromatic nitrogens is 2. The van der Waals surface area contributed by atoms with Gasteiger partial charge in [0.25, 0.3) is 5.19 Å². The molecule has 4 nitrogen and oxygen atoms in total. The first-order valence-corrected chi connectivity index (χ1v) is 6.01. The zero-order valence-electron chi connectivity index (χ0n) is 8.64. The molecule has 0 atom stereocenters. The van der Waals surface area contributed by atoms with Crippen LogP contribution >= 0.6 is 11.5 Å². The molecule has 82 valence electrons. The molecule has 0 spiro atoms. The van der Waals surface area contributed by atoms with E-state index in [4.69, 9.17) is 4.74 Å². The van der Waals surface area contributed by atoms with Crippen molar-refractivity contribution in [3.8, 4) is 10.9 Å². The molecule has 1 aliphatic heterocycles. The van der Waals surface area contributed by atoms with Gasteiger partial charge in [0.05, 0.1) is 5.69 Å². The Morgan fingerprint density at radius 2 is 2.38 bits per heavy atom. The quantitative estimate of drug-likeness (QED) is 0.866. The molecule has 5 heteroatoms. The van der Waals surface area contributed by atoms with Crippen LogP contribution in [-0.4, -0.2) is 15.9 Å². The number of rotatable bonds is 2. The van der Waals surface area contributed by atoms with Crippen molar-refractivity contribution in [3.63, 3.8) is 0 Å². The van der Waals surface area contributed by atoms with Crippen molar-refractivity contribution >= 4 is 17.2 Å². The van der Waals surface area contributed by atoms with E-state index in [1.165, 1.54) is 29.8 Å². The van der Waals surface area contributed by atoms with Crippen LogP contribution in [0.5, 0.6) is 10.9 Å². The number of benzene rings is 1. The monoisotopic (exact) mass is 233 g/mol. The average molecular weight is 233 g/mol. The highest BCUT2D eigenvalue weighted by Crippen LogP contribution is 2.35. The number of nitrogens with one attached hydrogen (secondary N) is 1. The molecule has 0 saturated carbocycles. The smallest absolute Gasteiger partial charge is 0.298 e. The highest BCUT2D eigenvalue weighted by molar-refractivity contribution is 7.07. The van der Waals surface area contributed by atoms with E-state index in [2.05, 4.69) is 20.7 Å². The number of fused-ring (bicyclic) bond motifs is 1. The Bertz CT molecular complexity index is 484. The molecular formula is C11H11N3OS. The van der Waals surface area contributed by atoms with Crippen LogP contribution in [0, 0.1) is 0 Å². The van der Waals surface area contributed by atoms with E-state index in [9.17, 15) is 0 Å². The van der Waals surface area contributed by atoms with E-state index < -0.39 is 0 Å². The Balaban J connectivity index is 1.94. The zero-order valence-corrected chi connectivity index (χ0v) is 9.46. The van der Waals surface area contributed by atoms with Crippen molar-refractivity contribution in [1.82, 2.24) is 9.36 Å². The van der Waals surface area contributed by atoms with Gasteiger partial charge in [-0.3, -0.25) is 0 Å². The lowest BCUT2D eigenvalue weighted by Gasteiger charge is -2.20. The molecule has 3 rings (SSSR count). The predicted molar refractivity (Wildman–Crippen MR) is 63.2 cm³/mol. The molecule has 0 fully saturated rings. The third-order valence-electron chi connectivity index (χ3n) is 2.58. The van der Waals surface area contributed by atoms with Gasteiger partial charge in [-0.25, -0.2) is 0 Å². The molecule has 0 bridgehead atoms. The van der Waals surface area contributed by atoms with E-state index >= 15 is 0 Å². The molecule has 2 heterocycles.